The van der Waals surface area contributed by atoms with E-state index < -0.39 is 0 Å². The summed E-state index contributed by atoms with van der Waals surface area (Å²) in [5, 5.41) is 4.03. The first-order valence-electron chi connectivity index (χ1n) is 10.1. The van der Waals surface area contributed by atoms with Crippen LogP contribution in [0, 0.1) is 0 Å². The molecule has 1 aromatic heterocycles. The van der Waals surface area contributed by atoms with Crippen LogP contribution < -0.4 is 0 Å². The van der Waals surface area contributed by atoms with Gasteiger partial charge in [0.15, 0.2) is 5.82 Å². The second-order valence-electron chi connectivity index (χ2n) is 7.42. The van der Waals surface area contributed by atoms with E-state index in [0.29, 0.717) is 43.7 Å². The molecule has 144 valence electrons. The molecule has 1 saturated heterocycles. The van der Waals surface area contributed by atoms with Gasteiger partial charge in [-0.15, -0.1) is 0 Å². The molecule has 0 N–H and O–H groups in total. The Morgan fingerprint density at radius 2 is 1.96 bits per heavy atom. The van der Waals surface area contributed by atoms with Gasteiger partial charge in [0.05, 0.1) is 13.1 Å². The number of amides is 2. The third-order valence-electron chi connectivity index (χ3n) is 5.50. The van der Waals surface area contributed by atoms with Crippen LogP contribution in [0.2, 0.25) is 0 Å². The van der Waals surface area contributed by atoms with Crippen molar-refractivity contribution in [2.75, 3.05) is 19.6 Å². The van der Waals surface area contributed by atoms with Crippen molar-refractivity contribution in [2.45, 2.75) is 77.2 Å². The average molecular weight is 362 g/mol. The molecule has 0 radical (unpaired) electrons. The van der Waals surface area contributed by atoms with E-state index in [1.165, 1.54) is 12.8 Å². The van der Waals surface area contributed by atoms with Crippen molar-refractivity contribution in [1.82, 2.24) is 19.9 Å². The lowest BCUT2D eigenvalue weighted by molar-refractivity contribution is -0.140. The van der Waals surface area contributed by atoms with Crippen LogP contribution in [0.5, 0.6) is 0 Å². The molecule has 2 aliphatic rings. The summed E-state index contributed by atoms with van der Waals surface area (Å²) < 4.78 is 5.34. The lowest BCUT2D eigenvalue weighted by Crippen LogP contribution is -2.43. The first-order valence-corrected chi connectivity index (χ1v) is 10.1. The van der Waals surface area contributed by atoms with E-state index in [4.69, 9.17) is 4.52 Å². The zero-order valence-corrected chi connectivity index (χ0v) is 15.8. The van der Waals surface area contributed by atoms with Crippen molar-refractivity contribution < 1.29 is 14.1 Å². The lowest BCUT2D eigenvalue weighted by Gasteiger charge is -2.26. The number of carbonyl (C=O) groups is 2. The normalized spacial score (nSPS) is 19.4. The Kier molecular flexibility index (Phi) is 6.63. The SMILES string of the molecule is CCN(Cc1noc(C2CCC2)n1)C(=O)CN1CCCCCCCC1=O. The summed E-state index contributed by atoms with van der Waals surface area (Å²) in [5.41, 5.74) is 0. The van der Waals surface area contributed by atoms with Crippen molar-refractivity contribution in [2.24, 2.45) is 0 Å². The first kappa shape index (κ1) is 18.9. The van der Waals surface area contributed by atoms with E-state index in [9.17, 15) is 9.59 Å². The highest BCUT2D eigenvalue weighted by Gasteiger charge is 2.26. The fourth-order valence-electron chi connectivity index (χ4n) is 3.52. The largest absolute Gasteiger partial charge is 0.339 e. The molecule has 0 aromatic carbocycles. The maximum Gasteiger partial charge on any atom is 0.242 e. The van der Waals surface area contributed by atoms with Crippen LogP contribution in [0.1, 0.15) is 82.3 Å². The van der Waals surface area contributed by atoms with Crippen LogP contribution in [0.25, 0.3) is 0 Å². The van der Waals surface area contributed by atoms with Gasteiger partial charge in [0.2, 0.25) is 17.7 Å². The highest BCUT2D eigenvalue weighted by Crippen LogP contribution is 2.35. The van der Waals surface area contributed by atoms with Gasteiger partial charge in [-0.2, -0.15) is 4.98 Å². The molecule has 7 nitrogen and oxygen atoms in total. The molecule has 1 aliphatic carbocycles. The van der Waals surface area contributed by atoms with Crippen LogP contribution >= 0.6 is 0 Å². The molecular weight excluding hydrogens is 332 g/mol. The zero-order valence-electron chi connectivity index (χ0n) is 15.8. The van der Waals surface area contributed by atoms with Gasteiger partial charge in [-0.3, -0.25) is 9.59 Å². The molecule has 2 heterocycles. The molecule has 7 heteroatoms. The number of aromatic nitrogens is 2. The minimum Gasteiger partial charge on any atom is -0.339 e. The molecule has 0 spiro atoms. The molecular formula is C19H30N4O3. The summed E-state index contributed by atoms with van der Waals surface area (Å²) in [7, 11) is 0. The van der Waals surface area contributed by atoms with Gasteiger partial charge in [0.1, 0.15) is 0 Å². The maximum atomic E-state index is 12.7. The summed E-state index contributed by atoms with van der Waals surface area (Å²) in [5.74, 6) is 1.70. The number of rotatable bonds is 6. The molecule has 26 heavy (non-hydrogen) atoms. The highest BCUT2D eigenvalue weighted by molar-refractivity contribution is 5.84. The molecule has 0 bridgehead atoms. The Hall–Kier alpha value is -1.92. The number of likely N-dealkylation sites (N-methyl/N-ethyl adjacent to an activating group) is 1. The van der Waals surface area contributed by atoms with E-state index in [2.05, 4.69) is 10.1 Å². The molecule has 1 aromatic rings. The fourth-order valence-corrected chi connectivity index (χ4v) is 3.52. The van der Waals surface area contributed by atoms with Crippen LogP contribution in [0.4, 0.5) is 0 Å². The number of nitrogens with zero attached hydrogens (tertiary/aromatic N) is 4. The smallest absolute Gasteiger partial charge is 0.242 e. The van der Waals surface area contributed by atoms with Crippen LogP contribution in [0.15, 0.2) is 4.52 Å². The molecule has 0 unspecified atom stereocenters. The predicted octanol–water partition coefficient (Wildman–Crippen LogP) is 2.87. The van der Waals surface area contributed by atoms with Gasteiger partial charge in [-0.05, 0) is 32.6 Å². The lowest BCUT2D eigenvalue weighted by atomic mass is 9.85. The van der Waals surface area contributed by atoms with Crippen molar-refractivity contribution in [1.29, 1.82) is 0 Å². The second-order valence-corrected chi connectivity index (χ2v) is 7.42. The van der Waals surface area contributed by atoms with E-state index in [0.717, 1.165) is 38.5 Å². The summed E-state index contributed by atoms with van der Waals surface area (Å²) in [6.07, 6.45) is 9.29. The van der Waals surface area contributed by atoms with Gasteiger partial charge >= 0.3 is 0 Å². The summed E-state index contributed by atoms with van der Waals surface area (Å²) >= 11 is 0. The molecule has 1 saturated carbocycles. The summed E-state index contributed by atoms with van der Waals surface area (Å²) in [4.78, 5) is 33.0. The Labute approximate surface area is 155 Å². The summed E-state index contributed by atoms with van der Waals surface area (Å²) in [6, 6.07) is 0. The van der Waals surface area contributed by atoms with Crippen LogP contribution in [-0.4, -0.2) is 51.4 Å². The third-order valence-corrected chi connectivity index (χ3v) is 5.50. The predicted molar refractivity (Wildman–Crippen MR) is 96.3 cm³/mol. The van der Waals surface area contributed by atoms with Gasteiger partial charge in [0, 0.05) is 25.4 Å². The van der Waals surface area contributed by atoms with Gasteiger partial charge in [-0.25, -0.2) is 0 Å². The number of hydrogen-bond acceptors (Lipinski definition) is 5. The minimum absolute atomic E-state index is 0.0462. The third kappa shape index (κ3) is 4.83. The Balaban J connectivity index is 1.56. The fraction of sp³-hybridized carbons (Fsp3) is 0.789. The monoisotopic (exact) mass is 362 g/mol. The number of hydrogen-bond donors (Lipinski definition) is 0. The molecule has 3 rings (SSSR count). The topological polar surface area (TPSA) is 79.5 Å². The second kappa shape index (κ2) is 9.14. The average Bonchev–Trinajstić information content (AvgIpc) is 3.05. The molecule has 1 aliphatic heterocycles. The highest BCUT2D eigenvalue weighted by atomic mass is 16.5. The zero-order chi connectivity index (χ0) is 18.4. The van der Waals surface area contributed by atoms with E-state index in [1.807, 2.05) is 6.92 Å². The minimum atomic E-state index is -0.0462. The van der Waals surface area contributed by atoms with E-state index in [-0.39, 0.29) is 18.4 Å². The number of carbonyl (C=O) groups excluding carboxylic acids is 2. The summed E-state index contributed by atoms with van der Waals surface area (Å²) in [6.45, 7) is 3.67. The molecule has 2 fully saturated rings. The molecule has 2 amide bonds. The van der Waals surface area contributed by atoms with E-state index >= 15 is 0 Å². The van der Waals surface area contributed by atoms with Gasteiger partial charge in [0.25, 0.3) is 0 Å². The Bertz CT molecular complexity index is 612. The first-order chi connectivity index (χ1) is 12.7. The van der Waals surface area contributed by atoms with E-state index in [1.54, 1.807) is 9.80 Å². The van der Waals surface area contributed by atoms with Crippen LogP contribution in [-0.2, 0) is 16.1 Å². The quantitative estimate of drug-likeness (QED) is 0.777. The van der Waals surface area contributed by atoms with Crippen LogP contribution in [0.3, 0.4) is 0 Å². The van der Waals surface area contributed by atoms with Crippen molar-refractivity contribution in [3.8, 4) is 0 Å². The van der Waals surface area contributed by atoms with Crippen molar-refractivity contribution >= 4 is 11.8 Å². The standard InChI is InChI=1S/C19H30N4O3/c1-2-22(13-16-20-19(26-21-16)15-9-8-10-15)18(25)14-23-12-7-5-3-4-6-11-17(23)24/h15H,2-14H2,1H3. The maximum absolute atomic E-state index is 12.7. The van der Waals surface area contributed by atoms with Crippen molar-refractivity contribution in [3.05, 3.63) is 11.7 Å². The Morgan fingerprint density at radius 3 is 2.69 bits per heavy atom. The molecule has 0 atom stereocenters. The van der Waals surface area contributed by atoms with Gasteiger partial charge in [-0.1, -0.05) is 30.8 Å². The van der Waals surface area contributed by atoms with Crippen molar-refractivity contribution in [3.63, 3.8) is 0 Å². The van der Waals surface area contributed by atoms with Gasteiger partial charge < -0.3 is 14.3 Å². The Morgan fingerprint density at radius 1 is 1.19 bits per heavy atom.